The molecule has 0 unspecified atom stereocenters. The molecule has 0 N–H and O–H groups in total. The molecule has 0 amide bonds. The highest BCUT2D eigenvalue weighted by atomic mass is 32.2. The van der Waals surface area contributed by atoms with Gasteiger partial charge in [0.2, 0.25) is 0 Å². The summed E-state index contributed by atoms with van der Waals surface area (Å²) in [6.45, 7) is 2.19. The lowest BCUT2D eigenvalue weighted by Gasteiger charge is -2.19. The second-order valence-corrected chi connectivity index (χ2v) is 6.92. The molecule has 1 saturated heterocycles. The van der Waals surface area contributed by atoms with Crippen molar-refractivity contribution in [1.29, 1.82) is 0 Å². The molecule has 1 fully saturated rings. The second-order valence-electron chi connectivity index (χ2n) is 2.88. The zero-order chi connectivity index (χ0) is 8.39. The molecule has 1 aliphatic rings. The second kappa shape index (κ2) is 4.07. The van der Waals surface area contributed by atoms with Crippen molar-refractivity contribution in [2.75, 3.05) is 11.5 Å². The molecule has 0 atom stereocenters. The molecule has 3 heteroatoms. The van der Waals surface area contributed by atoms with Gasteiger partial charge in [-0.1, -0.05) is 0 Å². The van der Waals surface area contributed by atoms with Crippen molar-refractivity contribution in [2.45, 2.75) is 17.9 Å². The lowest BCUT2D eigenvalue weighted by Crippen LogP contribution is -1.97. The lowest BCUT2D eigenvalue weighted by molar-refractivity contribution is 1.10. The fourth-order valence-corrected chi connectivity index (χ4v) is 5.35. The Hall–Kier alpha value is 0.400. The number of hydrogen-bond acceptors (Lipinski definition) is 3. The van der Waals surface area contributed by atoms with Gasteiger partial charge in [-0.2, -0.15) is 0 Å². The molecule has 0 spiro atoms. The Labute approximate surface area is 86.1 Å². The van der Waals surface area contributed by atoms with E-state index in [9.17, 15) is 0 Å². The number of thioether (sulfide) groups is 2. The van der Waals surface area contributed by atoms with Gasteiger partial charge in [0, 0.05) is 9.75 Å². The van der Waals surface area contributed by atoms with Crippen molar-refractivity contribution in [3.05, 3.63) is 21.9 Å². The molecule has 0 radical (unpaired) electrons. The summed E-state index contributed by atoms with van der Waals surface area (Å²) in [6, 6.07) is 4.52. The highest BCUT2D eigenvalue weighted by molar-refractivity contribution is 8.17. The van der Waals surface area contributed by atoms with Crippen LogP contribution in [0.5, 0.6) is 0 Å². The summed E-state index contributed by atoms with van der Waals surface area (Å²) >= 11 is 6.16. The van der Waals surface area contributed by atoms with Crippen molar-refractivity contribution in [3.63, 3.8) is 0 Å². The van der Waals surface area contributed by atoms with E-state index in [2.05, 4.69) is 42.6 Å². The summed E-state index contributed by atoms with van der Waals surface area (Å²) in [6.07, 6.45) is 1.39. The highest BCUT2D eigenvalue weighted by Crippen LogP contribution is 2.45. The SMILES string of the molecule is Cc1ccc(C2SCCCS2)s1. The Balaban J connectivity index is 2.08. The Kier molecular flexibility index (Phi) is 3.05. The Bertz CT molecular complexity index is 248. The fourth-order valence-electron chi connectivity index (χ4n) is 1.23. The zero-order valence-electron chi connectivity index (χ0n) is 7.08. The van der Waals surface area contributed by atoms with Crippen molar-refractivity contribution < 1.29 is 0 Å². The lowest BCUT2D eigenvalue weighted by atomic mass is 10.5. The van der Waals surface area contributed by atoms with Crippen LogP contribution in [-0.2, 0) is 0 Å². The summed E-state index contributed by atoms with van der Waals surface area (Å²) in [5.41, 5.74) is 0. The average molecular weight is 216 g/mol. The van der Waals surface area contributed by atoms with Crippen LogP contribution in [0, 0.1) is 6.92 Å². The van der Waals surface area contributed by atoms with E-state index in [-0.39, 0.29) is 0 Å². The largest absolute Gasteiger partial charge is 0.144 e. The average Bonchev–Trinajstić information content (AvgIpc) is 2.54. The molecule has 2 rings (SSSR count). The zero-order valence-corrected chi connectivity index (χ0v) is 9.53. The Morgan fingerprint density at radius 1 is 1.25 bits per heavy atom. The van der Waals surface area contributed by atoms with Gasteiger partial charge in [0.15, 0.2) is 0 Å². The molecular formula is C9H12S3. The van der Waals surface area contributed by atoms with Crippen LogP contribution in [0.25, 0.3) is 0 Å². The van der Waals surface area contributed by atoms with E-state index in [4.69, 9.17) is 0 Å². The normalized spacial score (nSPS) is 19.8. The minimum absolute atomic E-state index is 0.734. The third-order valence-electron chi connectivity index (χ3n) is 1.82. The number of aryl methyl sites for hydroxylation is 1. The van der Waals surface area contributed by atoms with Crippen LogP contribution < -0.4 is 0 Å². The van der Waals surface area contributed by atoms with Gasteiger partial charge in [0.05, 0.1) is 4.58 Å². The summed E-state index contributed by atoms with van der Waals surface area (Å²) < 4.78 is 0.734. The van der Waals surface area contributed by atoms with E-state index in [1.165, 1.54) is 22.8 Å². The topological polar surface area (TPSA) is 0 Å². The standard InChI is InChI=1S/C9H12S3/c1-7-3-4-8(12-7)9-10-5-2-6-11-9/h3-4,9H,2,5-6H2,1H3. The molecule has 0 saturated carbocycles. The molecule has 0 aliphatic carbocycles. The quantitative estimate of drug-likeness (QED) is 0.698. The van der Waals surface area contributed by atoms with Gasteiger partial charge in [0.25, 0.3) is 0 Å². The first kappa shape index (κ1) is 8.97. The number of rotatable bonds is 1. The van der Waals surface area contributed by atoms with Crippen LogP contribution in [0.3, 0.4) is 0 Å². The maximum absolute atomic E-state index is 2.29. The van der Waals surface area contributed by atoms with Crippen molar-refractivity contribution in [2.24, 2.45) is 0 Å². The van der Waals surface area contributed by atoms with Crippen molar-refractivity contribution in [1.82, 2.24) is 0 Å². The summed E-state index contributed by atoms with van der Waals surface area (Å²) in [5, 5.41) is 0. The smallest absolute Gasteiger partial charge is 0.0843 e. The molecule has 66 valence electrons. The van der Waals surface area contributed by atoms with E-state index in [0.717, 1.165) is 4.58 Å². The molecule has 0 aromatic carbocycles. The molecule has 12 heavy (non-hydrogen) atoms. The highest BCUT2D eigenvalue weighted by Gasteiger charge is 2.17. The molecule has 2 heterocycles. The maximum atomic E-state index is 2.29. The first-order valence-electron chi connectivity index (χ1n) is 4.16. The minimum atomic E-state index is 0.734. The molecular weight excluding hydrogens is 204 g/mol. The Morgan fingerprint density at radius 3 is 2.58 bits per heavy atom. The Morgan fingerprint density at radius 2 is 2.00 bits per heavy atom. The predicted octanol–water partition coefficient (Wildman–Crippen LogP) is 3.93. The summed E-state index contributed by atoms with van der Waals surface area (Å²) in [5.74, 6) is 2.68. The fraction of sp³-hybridized carbons (Fsp3) is 0.556. The van der Waals surface area contributed by atoms with E-state index < -0.39 is 0 Å². The number of hydrogen-bond donors (Lipinski definition) is 0. The molecule has 1 aromatic rings. The van der Waals surface area contributed by atoms with Crippen LogP contribution in [0.1, 0.15) is 20.8 Å². The van der Waals surface area contributed by atoms with E-state index >= 15 is 0 Å². The molecule has 1 aliphatic heterocycles. The number of thiophene rings is 1. The van der Waals surface area contributed by atoms with Gasteiger partial charge >= 0.3 is 0 Å². The molecule has 0 bridgehead atoms. The third kappa shape index (κ3) is 2.01. The van der Waals surface area contributed by atoms with E-state index in [0.29, 0.717) is 0 Å². The van der Waals surface area contributed by atoms with E-state index in [1.54, 1.807) is 4.88 Å². The predicted molar refractivity (Wildman–Crippen MR) is 61.3 cm³/mol. The van der Waals surface area contributed by atoms with Crippen molar-refractivity contribution in [3.8, 4) is 0 Å². The van der Waals surface area contributed by atoms with Crippen LogP contribution in [-0.4, -0.2) is 11.5 Å². The van der Waals surface area contributed by atoms with Gasteiger partial charge in [0.1, 0.15) is 0 Å². The summed E-state index contributed by atoms with van der Waals surface area (Å²) in [4.78, 5) is 3.00. The van der Waals surface area contributed by atoms with Crippen molar-refractivity contribution >= 4 is 34.9 Å². The van der Waals surface area contributed by atoms with Gasteiger partial charge < -0.3 is 0 Å². The van der Waals surface area contributed by atoms with Crippen LogP contribution >= 0.6 is 34.9 Å². The monoisotopic (exact) mass is 216 g/mol. The van der Waals surface area contributed by atoms with Crippen LogP contribution in [0.15, 0.2) is 12.1 Å². The maximum Gasteiger partial charge on any atom is 0.0843 e. The first-order chi connectivity index (χ1) is 5.86. The molecule has 1 aromatic heterocycles. The van der Waals surface area contributed by atoms with Gasteiger partial charge in [-0.25, -0.2) is 0 Å². The van der Waals surface area contributed by atoms with Gasteiger partial charge in [-0.05, 0) is 37.0 Å². The molecule has 0 nitrogen and oxygen atoms in total. The first-order valence-corrected chi connectivity index (χ1v) is 7.07. The van der Waals surface area contributed by atoms with E-state index in [1.807, 2.05) is 11.3 Å². The minimum Gasteiger partial charge on any atom is -0.144 e. The summed E-state index contributed by atoms with van der Waals surface area (Å²) in [7, 11) is 0. The van der Waals surface area contributed by atoms with Crippen LogP contribution in [0.4, 0.5) is 0 Å². The third-order valence-corrected chi connectivity index (χ3v) is 6.16. The van der Waals surface area contributed by atoms with Crippen LogP contribution in [0.2, 0.25) is 0 Å². The van der Waals surface area contributed by atoms with Gasteiger partial charge in [-0.3, -0.25) is 0 Å². The van der Waals surface area contributed by atoms with Gasteiger partial charge in [-0.15, -0.1) is 34.9 Å².